The first-order valence-corrected chi connectivity index (χ1v) is 25.4. The van der Waals surface area contributed by atoms with Gasteiger partial charge in [0.1, 0.15) is 11.4 Å². The van der Waals surface area contributed by atoms with Crippen molar-refractivity contribution >= 4 is 11.9 Å². The highest BCUT2D eigenvalue weighted by molar-refractivity contribution is 5.79. The standard InChI is InChI=1S/C21H24N2O2.C20H26N2O.C12H15NO.C8H7N/c24-20-22-15-19(18-9-5-2-6-10-18)21(25-20)11-13-23(14-12-21)16-17-7-3-1-4-8-17;21-15-19(18-9-5-2-6-10-18)20(23)11-13-22(14-12-20)16-17-7-3-1-4-8-17;14-12-6-8-13(9-7-12)10-11-4-2-1-3-5-11;9-7-6-8-4-2-1-3-5-8/h1-10,19H,11-16H2,(H,22,24);1-10,19,23H,11-16,21H2;1-5H,6-10H2;1-5H,6H2. The maximum atomic E-state index is 11.9. The van der Waals surface area contributed by atoms with Crippen molar-refractivity contribution < 1.29 is 19.4 Å². The summed E-state index contributed by atoms with van der Waals surface area (Å²) in [6.45, 7) is 9.60. The largest absolute Gasteiger partial charge is 0.442 e. The van der Waals surface area contributed by atoms with E-state index in [1.54, 1.807) is 0 Å². The van der Waals surface area contributed by atoms with E-state index >= 15 is 0 Å². The fourth-order valence-electron chi connectivity index (χ4n) is 10.3. The third-order valence-corrected chi connectivity index (χ3v) is 14.4. The summed E-state index contributed by atoms with van der Waals surface area (Å²) in [6, 6.07) is 63.9. The normalized spacial score (nSPS) is 19.1. The van der Waals surface area contributed by atoms with Crippen molar-refractivity contribution in [1.29, 1.82) is 5.26 Å². The van der Waals surface area contributed by atoms with Crippen LogP contribution in [0, 0.1) is 11.3 Å². The first-order chi connectivity index (χ1) is 34.7. The summed E-state index contributed by atoms with van der Waals surface area (Å²) in [5, 5.41) is 22.3. The van der Waals surface area contributed by atoms with Gasteiger partial charge >= 0.3 is 6.09 Å². The predicted molar refractivity (Wildman–Crippen MR) is 283 cm³/mol. The molecule has 71 heavy (non-hydrogen) atoms. The molecule has 0 bridgehead atoms. The number of ketones is 1. The summed E-state index contributed by atoms with van der Waals surface area (Å²) < 4.78 is 5.90. The lowest BCUT2D eigenvalue weighted by atomic mass is 9.74. The van der Waals surface area contributed by atoms with Gasteiger partial charge in [0, 0.05) is 110 Å². The third kappa shape index (κ3) is 16.0. The van der Waals surface area contributed by atoms with Gasteiger partial charge in [0.25, 0.3) is 0 Å². The number of carbonyl (C=O) groups excluding carboxylic acids is 2. The van der Waals surface area contributed by atoms with E-state index in [0.29, 0.717) is 25.3 Å². The lowest BCUT2D eigenvalue weighted by Crippen LogP contribution is -2.57. The first kappa shape index (κ1) is 52.4. The van der Waals surface area contributed by atoms with E-state index < -0.39 is 5.60 Å². The first-order valence-electron chi connectivity index (χ1n) is 25.4. The van der Waals surface area contributed by atoms with Gasteiger partial charge in [-0.1, -0.05) is 182 Å². The molecule has 0 saturated carbocycles. The molecule has 4 fully saturated rings. The molecule has 0 aliphatic carbocycles. The molecule has 2 atom stereocenters. The molecule has 6 aromatic rings. The summed E-state index contributed by atoms with van der Waals surface area (Å²) in [7, 11) is 0. The number of nitrogens with two attached hydrogens (primary N) is 1. The molecule has 4 N–H and O–H groups in total. The molecule has 6 aromatic carbocycles. The van der Waals surface area contributed by atoms with Crippen LogP contribution < -0.4 is 11.1 Å². The zero-order valence-electron chi connectivity index (χ0n) is 41.2. The smallest absolute Gasteiger partial charge is 0.407 e. The van der Waals surface area contributed by atoms with Crippen molar-refractivity contribution in [2.45, 2.75) is 87.6 Å². The van der Waals surface area contributed by atoms with Crippen LogP contribution in [-0.4, -0.2) is 95.2 Å². The van der Waals surface area contributed by atoms with E-state index in [1.807, 2.05) is 72.8 Å². The lowest BCUT2D eigenvalue weighted by molar-refractivity contribution is -0.121. The van der Waals surface area contributed by atoms with Crippen LogP contribution in [0.2, 0.25) is 0 Å². The van der Waals surface area contributed by atoms with Crippen molar-refractivity contribution in [3.8, 4) is 6.07 Å². The van der Waals surface area contributed by atoms with Crippen LogP contribution in [-0.2, 0) is 35.6 Å². The summed E-state index contributed by atoms with van der Waals surface area (Å²) >= 11 is 0. The van der Waals surface area contributed by atoms with Crippen LogP contribution in [0.1, 0.15) is 83.7 Å². The van der Waals surface area contributed by atoms with Crippen LogP contribution in [0.5, 0.6) is 0 Å². The monoisotopic (exact) mass is 953 g/mol. The Bertz CT molecular complexity index is 2480. The number of nitrogens with one attached hydrogen (secondary N) is 1. The maximum absolute atomic E-state index is 11.9. The summed E-state index contributed by atoms with van der Waals surface area (Å²) in [4.78, 5) is 30.2. The second-order valence-electron chi connectivity index (χ2n) is 19.2. The van der Waals surface area contributed by atoms with Crippen LogP contribution >= 0.6 is 0 Å². The molecule has 1 amide bonds. The van der Waals surface area contributed by atoms with Gasteiger partial charge in [-0.15, -0.1) is 0 Å². The minimum Gasteiger partial charge on any atom is -0.442 e. The van der Waals surface area contributed by atoms with E-state index in [-0.39, 0.29) is 23.5 Å². The van der Waals surface area contributed by atoms with E-state index in [4.69, 9.17) is 15.7 Å². The van der Waals surface area contributed by atoms with E-state index in [1.165, 1.54) is 22.3 Å². The fraction of sp³-hybridized carbons (Fsp3) is 0.361. The van der Waals surface area contributed by atoms with Crippen molar-refractivity contribution in [2.75, 3.05) is 52.4 Å². The highest BCUT2D eigenvalue weighted by Gasteiger charge is 2.48. The Morgan fingerprint density at radius 3 is 1.41 bits per heavy atom. The Hall–Kier alpha value is -6.45. The molecule has 2 unspecified atom stereocenters. The van der Waals surface area contributed by atoms with Crippen molar-refractivity contribution in [1.82, 2.24) is 20.0 Å². The van der Waals surface area contributed by atoms with Gasteiger partial charge in [-0.3, -0.25) is 19.5 Å². The molecule has 0 radical (unpaired) electrons. The molecule has 4 saturated heterocycles. The molecular formula is C61H72N6O4. The molecular weight excluding hydrogens is 881 g/mol. The Balaban J connectivity index is 0.000000148. The quantitative estimate of drug-likeness (QED) is 0.116. The van der Waals surface area contributed by atoms with Gasteiger partial charge in [0.05, 0.1) is 18.1 Å². The number of benzene rings is 6. The highest BCUT2D eigenvalue weighted by atomic mass is 16.6. The zero-order valence-corrected chi connectivity index (χ0v) is 41.2. The number of piperidine rings is 3. The minimum atomic E-state index is -0.691. The number of nitrogens with zero attached hydrogens (tertiary/aromatic N) is 4. The molecule has 0 aromatic heterocycles. The Labute approximate surface area is 422 Å². The Kier molecular flexibility index (Phi) is 20.1. The number of carbonyl (C=O) groups is 2. The number of Topliss-reactive ketones (excluding diaryl/α,β-unsaturated/α-hetero) is 1. The molecule has 4 heterocycles. The average molecular weight is 953 g/mol. The maximum Gasteiger partial charge on any atom is 0.407 e. The fourth-order valence-corrected chi connectivity index (χ4v) is 10.3. The Morgan fingerprint density at radius 1 is 0.577 bits per heavy atom. The van der Waals surface area contributed by atoms with Crippen molar-refractivity contribution in [3.63, 3.8) is 0 Å². The molecule has 370 valence electrons. The van der Waals surface area contributed by atoms with Crippen molar-refractivity contribution in [3.05, 3.63) is 215 Å². The number of alkyl carbamates (subject to hydrolysis) is 1. The van der Waals surface area contributed by atoms with E-state index in [9.17, 15) is 14.7 Å². The van der Waals surface area contributed by atoms with Crippen LogP contribution in [0.3, 0.4) is 0 Å². The lowest BCUT2D eigenvalue weighted by Gasteiger charge is -2.48. The number of aliphatic hydroxyl groups is 1. The highest BCUT2D eigenvalue weighted by Crippen LogP contribution is 2.42. The molecule has 10 nitrogen and oxygen atoms in total. The van der Waals surface area contributed by atoms with Crippen LogP contribution in [0.25, 0.3) is 0 Å². The number of likely N-dealkylation sites (tertiary alicyclic amines) is 3. The van der Waals surface area contributed by atoms with Gasteiger partial charge in [-0.2, -0.15) is 5.26 Å². The van der Waals surface area contributed by atoms with Gasteiger partial charge < -0.3 is 20.9 Å². The second-order valence-corrected chi connectivity index (χ2v) is 19.2. The zero-order chi connectivity index (χ0) is 49.6. The van der Waals surface area contributed by atoms with Gasteiger partial charge in [0.15, 0.2) is 0 Å². The number of rotatable bonds is 11. The summed E-state index contributed by atoms with van der Waals surface area (Å²) in [5.74, 6) is 0.641. The second kappa shape index (κ2) is 27.2. The Morgan fingerprint density at radius 2 is 0.972 bits per heavy atom. The number of nitriles is 1. The number of hydrogen-bond donors (Lipinski definition) is 3. The predicted octanol–water partition coefficient (Wildman–Crippen LogP) is 9.90. The van der Waals surface area contributed by atoms with Crippen LogP contribution in [0.4, 0.5) is 4.79 Å². The van der Waals surface area contributed by atoms with Crippen molar-refractivity contribution in [2.24, 2.45) is 5.73 Å². The van der Waals surface area contributed by atoms with Gasteiger partial charge in [-0.25, -0.2) is 4.79 Å². The van der Waals surface area contributed by atoms with E-state index in [0.717, 1.165) is 109 Å². The average Bonchev–Trinajstić information content (AvgIpc) is 3.41. The molecule has 4 aliphatic rings. The van der Waals surface area contributed by atoms with E-state index in [2.05, 4.69) is 135 Å². The number of hydrogen-bond acceptors (Lipinski definition) is 9. The van der Waals surface area contributed by atoms with Gasteiger partial charge in [-0.05, 0) is 46.2 Å². The number of amides is 1. The van der Waals surface area contributed by atoms with Crippen LogP contribution in [0.15, 0.2) is 182 Å². The molecule has 4 aliphatic heterocycles. The third-order valence-electron chi connectivity index (χ3n) is 14.4. The summed E-state index contributed by atoms with van der Waals surface area (Å²) in [5.41, 5.74) is 12.4. The number of ether oxygens (including phenoxy) is 1. The topological polar surface area (TPSA) is 135 Å². The molecule has 10 heteroatoms. The minimum absolute atomic E-state index is 0.0163. The summed E-state index contributed by atoms with van der Waals surface area (Å²) in [6.07, 6.45) is 5.01. The SMILES string of the molecule is N#CCc1ccccc1.NCC(c1ccccc1)C1(O)CCN(Cc2ccccc2)CC1.O=C1CCN(Cc2ccccc2)CC1.O=C1NCC(c2ccccc2)C2(CCN(Cc3ccccc3)CC2)O1. The molecule has 10 rings (SSSR count). The van der Waals surface area contributed by atoms with Gasteiger partial charge in [0.2, 0.25) is 0 Å². The molecule has 1 spiro atoms.